The third-order valence-corrected chi connectivity index (χ3v) is 7.19. The van der Waals surface area contributed by atoms with Gasteiger partial charge in [0.2, 0.25) is 0 Å². The molecule has 0 saturated heterocycles. The number of fused-ring (bicyclic) bond motifs is 1. The van der Waals surface area contributed by atoms with E-state index in [1.54, 1.807) is 38.1 Å². The molecule has 0 saturated carbocycles. The number of esters is 1. The van der Waals surface area contributed by atoms with Crippen LogP contribution in [0.15, 0.2) is 28.7 Å². The summed E-state index contributed by atoms with van der Waals surface area (Å²) >= 11 is 13.6. The van der Waals surface area contributed by atoms with Gasteiger partial charge in [0.15, 0.2) is 0 Å². The number of aryl methyl sites for hydroxylation is 2. The number of carbonyl (C=O) groups excluding carboxylic acids is 2. The lowest BCUT2D eigenvalue weighted by Crippen LogP contribution is -2.16. The second-order valence-electron chi connectivity index (χ2n) is 7.30. The minimum Gasteiger partial charge on any atom is -0.462 e. The summed E-state index contributed by atoms with van der Waals surface area (Å²) in [5, 5.41) is 4.30. The van der Waals surface area contributed by atoms with E-state index in [0.29, 0.717) is 37.7 Å². The lowest BCUT2D eigenvalue weighted by molar-refractivity contribution is 0.0526. The molecular formula is C23H21Cl2NO4S. The number of anilines is 1. The monoisotopic (exact) mass is 477 g/mol. The highest BCUT2D eigenvalue weighted by molar-refractivity contribution is 7.17. The van der Waals surface area contributed by atoms with Crippen molar-refractivity contribution in [2.75, 3.05) is 11.9 Å². The first-order chi connectivity index (χ1) is 14.9. The van der Waals surface area contributed by atoms with E-state index in [1.165, 1.54) is 11.3 Å². The molecule has 0 unspecified atom stereocenters. The Balaban J connectivity index is 1.64. The van der Waals surface area contributed by atoms with Gasteiger partial charge in [-0.2, -0.15) is 0 Å². The summed E-state index contributed by atoms with van der Waals surface area (Å²) in [7, 11) is 0. The number of nitrogens with one attached hydrogen (secondary N) is 1. The summed E-state index contributed by atoms with van der Waals surface area (Å²) in [5.74, 6) is 0.254. The van der Waals surface area contributed by atoms with Gasteiger partial charge < -0.3 is 14.5 Å². The molecule has 5 nitrogen and oxygen atoms in total. The number of rotatable bonds is 5. The molecule has 1 aliphatic carbocycles. The molecule has 0 bridgehead atoms. The summed E-state index contributed by atoms with van der Waals surface area (Å²) < 4.78 is 11.1. The van der Waals surface area contributed by atoms with E-state index in [1.807, 2.05) is 0 Å². The number of furan rings is 1. The van der Waals surface area contributed by atoms with Crippen LogP contribution >= 0.6 is 34.5 Å². The lowest BCUT2D eigenvalue weighted by Gasteiger charge is -2.12. The topological polar surface area (TPSA) is 68.5 Å². The number of halogens is 2. The first kappa shape index (κ1) is 21.9. The van der Waals surface area contributed by atoms with Crippen LogP contribution in [0.5, 0.6) is 0 Å². The fraction of sp³-hybridized carbons (Fsp3) is 0.304. The van der Waals surface area contributed by atoms with Gasteiger partial charge in [-0.3, -0.25) is 4.79 Å². The third-order valence-electron chi connectivity index (χ3n) is 5.24. The summed E-state index contributed by atoms with van der Waals surface area (Å²) in [6, 6.07) is 6.82. The molecule has 0 radical (unpaired) electrons. The number of hydrogen-bond acceptors (Lipinski definition) is 5. The molecule has 0 fully saturated rings. The zero-order valence-corrected chi connectivity index (χ0v) is 19.5. The molecule has 1 N–H and O–H groups in total. The standard InChI is InChI=1S/C23H21Cl2NO4S/c1-3-29-23(28)20-14-6-4-5-7-19(14)31-22(20)26-21(27)15-11-18(30-12(15)2)13-8-9-16(24)17(25)10-13/h8-11H,3-7H2,1-2H3,(H,26,27). The molecule has 1 amide bonds. The minimum absolute atomic E-state index is 0.282. The maximum absolute atomic E-state index is 13.1. The van der Waals surface area contributed by atoms with E-state index in [0.717, 1.165) is 41.7 Å². The van der Waals surface area contributed by atoms with Crippen molar-refractivity contribution in [3.63, 3.8) is 0 Å². The quantitative estimate of drug-likeness (QED) is 0.404. The van der Waals surface area contributed by atoms with E-state index in [9.17, 15) is 9.59 Å². The second kappa shape index (κ2) is 9.07. The van der Waals surface area contributed by atoms with Crippen LogP contribution in [0.25, 0.3) is 11.3 Å². The van der Waals surface area contributed by atoms with Gasteiger partial charge in [0.05, 0.1) is 27.8 Å². The summed E-state index contributed by atoms with van der Waals surface area (Å²) in [6.45, 7) is 3.78. The van der Waals surface area contributed by atoms with Crippen LogP contribution in [0.1, 0.15) is 56.7 Å². The van der Waals surface area contributed by atoms with Gasteiger partial charge in [-0.05, 0) is 69.4 Å². The summed E-state index contributed by atoms with van der Waals surface area (Å²) in [5.41, 5.74) is 2.60. The molecule has 2 aromatic heterocycles. The fourth-order valence-electron chi connectivity index (χ4n) is 3.74. The smallest absolute Gasteiger partial charge is 0.341 e. The Morgan fingerprint density at radius 1 is 1.16 bits per heavy atom. The van der Waals surface area contributed by atoms with Gasteiger partial charge in [0, 0.05) is 10.4 Å². The Morgan fingerprint density at radius 3 is 2.68 bits per heavy atom. The number of thiophene rings is 1. The van der Waals surface area contributed by atoms with Crippen LogP contribution in [0.3, 0.4) is 0 Å². The molecule has 1 aliphatic rings. The number of carbonyl (C=O) groups is 2. The van der Waals surface area contributed by atoms with Gasteiger partial charge in [-0.25, -0.2) is 4.79 Å². The Bertz CT molecular complexity index is 1160. The molecular weight excluding hydrogens is 457 g/mol. The van der Waals surface area contributed by atoms with Gasteiger partial charge in [0.1, 0.15) is 16.5 Å². The van der Waals surface area contributed by atoms with Crippen molar-refractivity contribution in [3.8, 4) is 11.3 Å². The van der Waals surface area contributed by atoms with Crippen molar-refractivity contribution in [2.45, 2.75) is 39.5 Å². The Morgan fingerprint density at radius 2 is 1.94 bits per heavy atom. The highest BCUT2D eigenvalue weighted by atomic mass is 35.5. The fourth-order valence-corrected chi connectivity index (χ4v) is 5.31. The molecule has 2 heterocycles. The minimum atomic E-state index is -0.391. The van der Waals surface area contributed by atoms with Crippen molar-refractivity contribution in [1.82, 2.24) is 0 Å². The molecule has 4 rings (SSSR count). The molecule has 1 aromatic carbocycles. The predicted octanol–water partition coefficient (Wildman–Crippen LogP) is 6.93. The number of hydrogen-bond donors (Lipinski definition) is 1. The lowest BCUT2D eigenvalue weighted by atomic mass is 9.95. The number of amides is 1. The van der Waals surface area contributed by atoms with Crippen molar-refractivity contribution < 1.29 is 18.7 Å². The van der Waals surface area contributed by atoms with Crippen LogP contribution in [0, 0.1) is 6.92 Å². The van der Waals surface area contributed by atoms with Gasteiger partial charge in [-0.1, -0.05) is 23.2 Å². The van der Waals surface area contributed by atoms with Crippen LogP contribution in [-0.4, -0.2) is 18.5 Å². The van der Waals surface area contributed by atoms with Crippen molar-refractivity contribution in [3.05, 3.63) is 61.6 Å². The summed E-state index contributed by atoms with van der Waals surface area (Å²) in [4.78, 5) is 26.8. The number of benzene rings is 1. The molecule has 8 heteroatoms. The Kier molecular flexibility index (Phi) is 6.42. The highest BCUT2D eigenvalue weighted by Gasteiger charge is 2.28. The normalized spacial score (nSPS) is 13.0. The van der Waals surface area contributed by atoms with Crippen LogP contribution in [0.4, 0.5) is 5.00 Å². The zero-order chi connectivity index (χ0) is 22.1. The summed E-state index contributed by atoms with van der Waals surface area (Å²) in [6.07, 6.45) is 3.84. The average molecular weight is 478 g/mol. The maximum atomic E-state index is 13.1. The van der Waals surface area contributed by atoms with Crippen molar-refractivity contribution in [1.29, 1.82) is 0 Å². The highest BCUT2D eigenvalue weighted by Crippen LogP contribution is 2.39. The predicted molar refractivity (Wildman–Crippen MR) is 124 cm³/mol. The Labute approximate surface area is 194 Å². The second-order valence-corrected chi connectivity index (χ2v) is 9.22. The van der Waals surface area contributed by atoms with Crippen molar-refractivity contribution in [2.24, 2.45) is 0 Å². The SMILES string of the molecule is CCOC(=O)c1c(NC(=O)c2cc(-c3ccc(Cl)c(Cl)c3)oc2C)sc2c1CCCC2. The average Bonchev–Trinajstić information content (AvgIpc) is 3.30. The van der Waals surface area contributed by atoms with Crippen LogP contribution < -0.4 is 5.32 Å². The molecule has 162 valence electrons. The van der Waals surface area contributed by atoms with E-state index < -0.39 is 5.97 Å². The molecule has 31 heavy (non-hydrogen) atoms. The first-order valence-corrected chi connectivity index (χ1v) is 11.6. The van der Waals surface area contributed by atoms with Crippen LogP contribution in [-0.2, 0) is 17.6 Å². The van der Waals surface area contributed by atoms with Gasteiger partial charge >= 0.3 is 5.97 Å². The zero-order valence-electron chi connectivity index (χ0n) is 17.1. The van der Waals surface area contributed by atoms with E-state index in [2.05, 4.69) is 5.32 Å². The van der Waals surface area contributed by atoms with Gasteiger partial charge in [-0.15, -0.1) is 11.3 Å². The molecule has 3 aromatic rings. The Hall–Kier alpha value is -2.28. The first-order valence-electron chi connectivity index (χ1n) is 10.1. The van der Waals surface area contributed by atoms with E-state index in [-0.39, 0.29) is 12.5 Å². The maximum Gasteiger partial charge on any atom is 0.341 e. The van der Waals surface area contributed by atoms with Gasteiger partial charge in [0.25, 0.3) is 5.91 Å². The number of ether oxygens (including phenoxy) is 1. The van der Waals surface area contributed by atoms with Crippen LogP contribution in [0.2, 0.25) is 10.0 Å². The molecule has 0 spiro atoms. The van der Waals surface area contributed by atoms with Crippen molar-refractivity contribution >= 4 is 51.4 Å². The molecule has 0 aliphatic heterocycles. The largest absolute Gasteiger partial charge is 0.462 e. The molecule has 0 atom stereocenters. The van der Waals surface area contributed by atoms with E-state index in [4.69, 9.17) is 32.4 Å². The van der Waals surface area contributed by atoms with E-state index >= 15 is 0 Å². The third kappa shape index (κ3) is 4.38.